The van der Waals surface area contributed by atoms with E-state index in [4.69, 9.17) is 21.1 Å². The average molecular weight is 724 g/mol. The molecule has 0 bridgehead atoms. The van der Waals surface area contributed by atoms with Crippen molar-refractivity contribution >= 4 is 44.7 Å². The highest BCUT2D eigenvalue weighted by atomic mass is 35.5. The fraction of sp³-hybridized carbons (Fsp3) is 0.417. The average Bonchev–Trinajstić information content (AvgIpc) is 3.39. The number of methoxy groups -OCH3 is 1. The minimum Gasteiger partial charge on any atom is -0.497 e. The lowest BCUT2D eigenvalue weighted by Gasteiger charge is -2.43. The standard InChI is InChI=1S/C36H42ClN5O7S/c1-36(2,3)49-35(45)40-18-16-27(17-19-40)38-20-22-39(23-21-38)33(43)32(25-8-6-5-7-9-25)41-31-24-26(37)10-15-30(31)42(34(41)44)50(46,47)29-13-11-28(48-4)12-14-29/h5-15,24,27,32H,16-23H2,1-4H3. The van der Waals surface area contributed by atoms with Gasteiger partial charge in [-0.05, 0) is 81.6 Å². The van der Waals surface area contributed by atoms with Crippen LogP contribution in [0.4, 0.5) is 4.79 Å². The Hall–Kier alpha value is -4.33. The van der Waals surface area contributed by atoms with Crippen LogP contribution in [0.3, 0.4) is 0 Å². The normalized spacial score (nSPS) is 17.1. The van der Waals surface area contributed by atoms with Gasteiger partial charge in [-0.25, -0.2) is 18.0 Å². The molecule has 1 atom stereocenters. The van der Waals surface area contributed by atoms with E-state index in [0.29, 0.717) is 50.6 Å². The Morgan fingerprint density at radius 1 is 0.840 bits per heavy atom. The van der Waals surface area contributed by atoms with Crippen molar-refractivity contribution in [2.75, 3.05) is 46.4 Å². The molecule has 3 heterocycles. The van der Waals surface area contributed by atoms with Crippen molar-refractivity contribution in [3.63, 3.8) is 0 Å². The monoisotopic (exact) mass is 723 g/mol. The number of ether oxygens (including phenoxy) is 2. The maximum absolute atomic E-state index is 14.6. The van der Waals surface area contributed by atoms with Gasteiger partial charge in [0.05, 0.1) is 23.0 Å². The quantitative estimate of drug-likeness (QED) is 0.266. The first kappa shape index (κ1) is 35.5. The zero-order valence-electron chi connectivity index (χ0n) is 28.6. The topological polar surface area (TPSA) is 123 Å². The minimum atomic E-state index is -4.40. The zero-order chi connectivity index (χ0) is 35.8. The minimum absolute atomic E-state index is 0.103. The van der Waals surface area contributed by atoms with Crippen LogP contribution in [0.2, 0.25) is 5.02 Å². The van der Waals surface area contributed by atoms with Crippen molar-refractivity contribution in [3.8, 4) is 5.75 Å². The number of rotatable bonds is 7. The van der Waals surface area contributed by atoms with E-state index in [1.165, 1.54) is 54.1 Å². The summed E-state index contributed by atoms with van der Waals surface area (Å²) < 4.78 is 40.8. The van der Waals surface area contributed by atoms with Crippen molar-refractivity contribution in [2.45, 2.75) is 56.2 Å². The molecular weight excluding hydrogens is 682 g/mol. The molecule has 2 amide bonds. The molecule has 266 valence electrons. The van der Waals surface area contributed by atoms with Gasteiger partial charge in [-0.2, -0.15) is 3.97 Å². The largest absolute Gasteiger partial charge is 0.497 e. The number of nitrogens with zero attached hydrogens (tertiary/aromatic N) is 5. The van der Waals surface area contributed by atoms with E-state index >= 15 is 0 Å². The van der Waals surface area contributed by atoms with E-state index in [-0.39, 0.29) is 39.0 Å². The van der Waals surface area contributed by atoms with Crippen molar-refractivity contribution in [1.82, 2.24) is 23.2 Å². The fourth-order valence-corrected chi connectivity index (χ4v) is 8.32. The van der Waals surface area contributed by atoms with Crippen molar-refractivity contribution in [2.24, 2.45) is 0 Å². The molecule has 1 aromatic heterocycles. The van der Waals surface area contributed by atoms with E-state index in [2.05, 4.69) is 4.90 Å². The Morgan fingerprint density at radius 2 is 1.48 bits per heavy atom. The number of halogens is 1. The number of likely N-dealkylation sites (tertiary alicyclic amines) is 1. The zero-order valence-corrected chi connectivity index (χ0v) is 30.2. The Morgan fingerprint density at radius 3 is 2.08 bits per heavy atom. The Kier molecular flexibility index (Phi) is 10.0. The predicted molar refractivity (Wildman–Crippen MR) is 190 cm³/mol. The summed E-state index contributed by atoms with van der Waals surface area (Å²) in [5.41, 5.74) is -0.567. The number of piperidine rings is 1. The van der Waals surface area contributed by atoms with Crippen molar-refractivity contribution in [1.29, 1.82) is 0 Å². The summed E-state index contributed by atoms with van der Waals surface area (Å²) in [7, 11) is -2.92. The molecule has 4 aromatic rings. The third-order valence-corrected chi connectivity index (χ3v) is 11.2. The van der Waals surface area contributed by atoms with E-state index in [0.717, 1.165) is 16.8 Å². The van der Waals surface area contributed by atoms with E-state index < -0.39 is 27.4 Å². The highest BCUT2D eigenvalue weighted by Gasteiger charge is 2.37. The summed E-state index contributed by atoms with van der Waals surface area (Å²) in [6.45, 7) is 8.86. The Labute approximate surface area is 296 Å². The van der Waals surface area contributed by atoms with Crippen LogP contribution in [-0.4, -0.2) is 102 Å². The first-order valence-electron chi connectivity index (χ1n) is 16.7. The van der Waals surface area contributed by atoms with Gasteiger partial charge in [-0.15, -0.1) is 0 Å². The first-order valence-corrected chi connectivity index (χ1v) is 18.5. The number of hydrogen-bond donors (Lipinski definition) is 0. The molecule has 0 spiro atoms. The van der Waals surface area contributed by atoms with Gasteiger partial charge in [-0.3, -0.25) is 14.3 Å². The second-order valence-electron chi connectivity index (χ2n) is 13.6. The second-order valence-corrected chi connectivity index (χ2v) is 15.8. The Balaban J connectivity index is 1.29. The molecule has 1 unspecified atom stereocenters. The van der Waals surface area contributed by atoms with E-state index in [9.17, 15) is 22.8 Å². The van der Waals surface area contributed by atoms with Gasteiger partial charge >= 0.3 is 11.8 Å². The summed E-state index contributed by atoms with van der Waals surface area (Å²) in [4.78, 5) is 47.3. The molecule has 12 nitrogen and oxygen atoms in total. The van der Waals surface area contributed by atoms with Gasteiger partial charge in [0.25, 0.3) is 15.9 Å². The van der Waals surface area contributed by atoms with Gasteiger partial charge in [-0.1, -0.05) is 41.9 Å². The maximum Gasteiger partial charge on any atom is 0.410 e. The van der Waals surface area contributed by atoms with Crippen LogP contribution < -0.4 is 10.4 Å². The van der Waals surface area contributed by atoms with Crippen LogP contribution in [0.15, 0.2) is 82.5 Å². The van der Waals surface area contributed by atoms with Crippen LogP contribution in [0.5, 0.6) is 5.75 Å². The summed E-state index contributed by atoms with van der Waals surface area (Å²) in [6, 6.07) is 18.3. The molecule has 0 radical (unpaired) electrons. The molecule has 0 N–H and O–H groups in total. The molecular formula is C36H42ClN5O7S. The number of carbonyl (C=O) groups is 2. The lowest BCUT2D eigenvalue weighted by molar-refractivity contribution is -0.135. The van der Waals surface area contributed by atoms with Crippen LogP contribution in [0.1, 0.15) is 45.2 Å². The highest BCUT2D eigenvalue weighted by molar-refractivity contribution is 7.90. The molecule has 2 saturated heterocycles. The number of fused-ring (bicyclic) bond motifs is 1. The number of imidazole rings is 1. The Bertz CT molecular complexity index is 2020. The van der Waals surface area contributed by atoms with Crippen LogP contribution in [0.25, 0.3) is 11.0 Å². The van der Waals surface area contributed by atoms with Gasteiger partial charge in [0.1, 0.15) is 17.4 Å². The maximum atomic E-state index is 14.6. The number of amides is 2. The molecule has 0 saturated carbocycles. The number of benzene rings is 3. The molecule has 2 fully saturated rings. The predicted octanol–water partition coefficient (Wildman–Crippen LogP) is 4.84. The van der Waals surface area contributed by atoms with Crippen molar-refractivity contribution < 1.29 is 27.5 Å². The van der Waals surface area contributed by atoms with Gasteiger partial charge < -0.3 is 19.3 Å². The molecule has 6 rings (SSSR count). The smallest absolute Gasteiger partial charge is 0.410 e. The van der Waals surface area contributed by atoms with E-state index in [1.807, 2.05) is 26.8 Å². The van der Waals surface area contributed by atoms with E-state index in [1.54, 1.807) is 34.1 Å². The molecule has 2 aliphatic rings. The fourth-order valence-electron chi connectivity index (χ4n) is 6.76. The van der Waals surface area contributed by atoms with Crippen LogP contribution in [0, 0.1) is 0 Å². The summed E-state index contributed by atoms with van der Waals surface area (Å²) in [5.74, 6) is 0.144. The van der Waals surface area contributed by atoms with Gasteiger partial charge in [0.15, 0.2) is 0 Å². The number of hydrogen-bond acceptors (Lipinski definition) is 8. The van der Waals surface area contributed by atoms with Crippen LogP contribution >= 0.6 is 11.6 Å². The number of aromatic nitrogens is 2. The van der Waals surface area contributed by atoms with Crippen LogP contribution in [-0.2, 0) is 19.6 Å². The first-order chi connectivity index (χ1) is 23.8. The third-order valence-electron chi connectivity index (χ3n) is 9.26. The second kappa shape index (κ2) is 14.1. The molecule has 2 aliphatic heterocycles. The number of carbonyl (C=O) groups excluding carboxylic acids is 2. The van der Waals surface area contributed by atoms with Crippen molar-refractivity contribution in [3.05, 3.63) is 93.9 Å². The third kappa shape index (κ3) is 7.12. The highest BCUT2D eigenvalue weighted by Crippen LogP contribution is 2.30. The molecule has 0 aliphatic carbocycles. The van der Waals surface area contributed by atoms with Gasteiger partial charge in [0, 0.05) is 50.3 Å². The lowest BCUT2D eigenvalue weighted by atomic mass is 10.0. The summed E-state index contributed by atoms with van der Waals surface area (Å²) >= 11 is 6.42. The summed E-state index contributed by atoms with van der Waals surface area (Å²) in [6.07, 6.45) is 1.31. The summed E-state index contributed by atoms with van der Waals surface area (Å²) in [5, 5.41) is 0.288. The number of piperazine rings is 1. The lowest BCUT2D eigenvalue weighted by Crippen LogP contribution is -2.56. The van der Waals surface area contributed by atoms with Gasteiger partial charge in [0.2, 0.25) is 0 Å². The SMILES string of the molecule is COc1ccc(S(=O)(=O)n2c(=O)n(C(C(=O)N3CCN(C4CCN(C(=O)OC(C)(C)C)CC4)CC3)c3ccccc3)c3cc(Cl)ccc32)cc1. The molecule has 50 heavy (non-hydrogen) atoms. The molecule has 3 aromatic carbocycles. The molecule has 14 heteroatoms.